The van der Waals surface area contributed by atoms with Gasteiger partial charge < -0.3 is 0 Å². The molecule has 0 saturated carbocycles. The standard InChI is InChI=1S/C15H9ClO3/c16-15(19)12-7-6-11(8-13(12)14(18)9-17)10-4-2-1-3-5-10/h1-9H. The van der Waals surface area contributed by atoms with E-state index in [0.29, 0.717) is 0 Å². The number of carbonyl (C=O) groups excluding carboxylic acids is 3. The Labute approximate surface area is 114 Å². The number of hydrogen-bond acceptors (Lipinski definition) is 3. The van der Waals surface area contributed by atoms with Crippen molar-refractivity contribution in [3.63, 3.8) is 0 Å². The highest BCUT2D eigenvalue weighted by Gasteiger charge is 2.16. The first-order valence-electron chi connectivity index (χ1n) is 5.52. The van der Waals surface area contributed by atoms with E-state index >= 15 is 0 Å². The number of benzene rings is 2. The van der Waals surface area contributed by atoms with Gasteiger partial charge in [0.2, 0.25) is 5.78 Å². The predicted molar refractivity (Wildman–Crippen MR) is 72.5 cm³/mol. The van der Waals surface area contributed by atoms with E-state index in [1.165, 1.54) is 12.1 Å². The van der Waals surface area contributed by atoms with Crippen molar-refractivity contribution < 1.29 is 14.4 Å². The summed E-state index contributed by atoms with van der Waals surface area (Å²) < 4.78 is 0. The Morgan fingerprint density at radius 1 is 0.895 bits per heavy atom. The molecule has 0 atom stereocenters. The minimum atomic E-state index is -0.762. The van der Waals surface area contributed by atoms with Crippen LogP contribution in [0.1, 0.15) is 20.7 Å². The molecule has 0 saturated heterocycles. The topological polar surface area (TPSA) is 51.2 Å². The molecule has 0 radical (unpaired) electrons. The highest BCUT2D eigenvalue weighted by molar-refractivity contribution is 6.68. The van der Waals surface area contributed by atoms with Gasteiger partial charge in [-0.1, -0.05) is 36.4 Å². The van der Waals surface area contributed by atoms with Crippen LogP contribution in [0.3, 0.4) is 0 Å². The van der Waals surface area contributed by atoms with Crippen molar-refractivity contribution in [3.8, 4) is 11.1 Å². The summed E-state index contributed by atoms with van der Waals surface area (Å²) in [6.45, 7) is 0. The van der Waals surface area contributed by atoms with Crippen molar-refractivity contribution in [1.29, 1.82) is 0 Å². The van der Waals surface area contributed by atoms with Crippen molar-refractivity contribution in [3.05, 3.63) is 59.7 Å². The fourth-order valence-corrected chi connectivity index (χ4v) is 1.96. The van der Waals surface area contributed by atoms with Gasteiger partial charge in [0.25, 0.3) is 5.24 Å². The molecule has 94 valence electrons. The lowest BCUT2D eigenvalue weighted by Gasteiger charge is -2.06. The van der Waals surface area contributed by atoms with Crippen molar-refractivity contribution in [2.75, 3.05) is 0 Å². The summed E-state index contributed by atoms with van der Waals surface area (Å²) in [5.41, 5.74) is 1.69. The summed E-state index contributed by atoms with van der Waals surface area (Å²) >= 11 is 5.40. The van der Waals surface area contributed by atoms with Crippen molar-refractivity contribution >= 4 is 28.9 Å². The first-order chi connectivity index (χ1) is 9.13. The summed E-state index contributed by atoms with van der Waals surface area (Å²) in [6, 6.07) is 14.0. The van der Waals surface area contributed by atoms with Crippen LogP contribution in [-0.2, 0) is 4.79 Å². The van der Waals surface area contributed by atoms with Gasteiger partial charge in [0.1, 0.15) is 0 Å². The molecule has 19 heavy (non-hydrogen) atoms. The van der Waals surface area contributed by atoms with Gasteiger partial charge >= 0.3 is 0 Å². The minimum absolute atomic E-state index is 0.0244. The van der Waals surface area contributed by atoms with Crippen LogP contribution in [-0.4, -0.2) is 17.3 Å². The normalized spacial score (nSPS) is 9.95. The van der Waals surface area contributed by atoms with E-state index in [-0.39, 0.29) is 17.4 Å². The molecule has 2 aromatic carbocycles. The van der Waals surface area contributed by atoms with Gasteiger partial charge in [-0.3, -0.25) is 14.4 Å². The smallest absolute Gasteiger partial charge is 0.253 e. The van der Waals surface area contributed by atoms with Gasteiger partial charge in [-0.15, -0.1) is 0 Å². The van der Waals surface area contributed by atoms with Gasteiger partial charge in [0.15, 0.2) is 6.29 Å². The molecule has 0 fully saturated rings. The Bertz CT molecular complexity index is 648. The Hall–Kier alpha value is -2.26. The summed E-state index contributed by atoms with van der Waals surface area (Å²) in [4.78, 5) is 33.4. The molecule has 0 amide bonds. The summed E-state index contributed by atoms with van der Waals surface area (Å²) in [5.74, 6) is -0.762. The van der Waals surface area contributed by atoms with Crippen LogP contribution in [0.4, 0.5) is 0 Å². The predicted octanol–water partition coefficient (Wildman–Crippen LogP) is 3.11. The molecule has 0 bridgehead atoms. The third-order valence-electron chi connectivity index (χ3n) is 2.71. The number of ketones is 1. The zero-order valence-electron chi connectivity index (χ0n) is 9.80. The van der Waals surface area contributed by atoms with Crippen molar-refractivity contribution in [2.24, 2.45) is 0 Å². The van der Waals surface area contributed by atoms with Gasteiger partial charge in [-0.05, 0) is 34.9 Å². The summed E-state index contributed by atoms with van der Waals surface area (Å²) in [6.07, 6.45) is 0.174. The molecule has 0 heterocycles. The van der Waals surface area contributed by atoms with E-state index in [0.717, 1.165) is 11.1 Å². The Morgan fingerprint density at radius 3 is 2.16 bits per heavy atom. The molecule has 3 nitrogen and oxygen atoms in total. The van der Waals surface area contributed by atoms with Crippen LogP contribution in [0, 0.1) is 0 Å². The second kappa shape index (κ2) is 5.59. The van der Waals surface area contributed by atoms with Gasteiger partial charge in [0.05, 0.1) is 0 Å². The Kier molecular flexibility index (Phi) is 3.88. The number of rotatable bonds is 4. The largest absolute Gasteiger partial charge is 0.294 e. The highest BCUT2D eigenvalue weighted by atomic mass is 35.5. The molecule has 0 aromatic heterocycles. The molecule has 0 aliphatic rings. The van der Waals surface area contributed by atoms with Crippen LogP contribution >= 0.6 is 11.6 Å². The van der Waals surface area contributed by atoms with E-state index in [4.69, 9.17) is 11.6 Å². The summed E-state index contributed by atoms with van der Waals surface area (Å²) in [7, 11) is 0. The van der Waals surface area contributed by atoms with Crippen LogP contribution in [0.5, 0.6) is 0 Å². The van der Waals surface area contributed by atoms with E-state index in [1.807, 2.05) is 30.3 Å². The molecule has 4 heteroatoms. The van der Waals surface area contributed by atoms with E-state index in [9.17, 15) is 14.4 Å². The first kappa shape index (κ1) is 13.2. The maximum atomic E-state index is 11.5. The molecular weight excluding hydrogens is 264 g/mol. The zero-order chi connectivity index (χ0) is 13.8. The SMILES string of the molecule is O=CC(=O)c1cc(-c2ccccc2)ccc1C(=O)Cl. The molecule has 2 rings (SSSR count). The number of halogens is 1. The highest BCUT2D eigenvalue weighted by Crippen LogP contribution is 2.23. The van der Waals surface area contributed by atoms with Gasteiger partial charge in [-0.2, -0.15) is 0 Å². The maximum absolute atomic E-state index is 11.5. The Morgan fingerprint density at radius 2 is 1.58 bits per heavy atom. The quantitative estimate of drug-likeness (QED) is 0.372. The molecular formula is C15H9ClO3. The van der Waals surface area contributed by atoms with Crippen molar-refractivity contribution in [1.82, 2.24) is 0 Å². The number of carbonyl (C=O) groups is 3. The monoisotopic (exact) mass is 272 g/mol. The number of aldehydes is 1. The lowest BCUT2D eigenvalue weighted by molar-refractivity contribution is -0.104. The van der Waals surface area contributed by atoms with Crippen LogP contribution in [0.25, 0.3) is 11.1 Å². The van der Waals surface area contributed by atoms with Gasteiger partial charge in [0, 0.05) is 11.1 Å². The molecule has 0 aliphatic carbocycles. The zero-order valence-corrected chi connectivity index (χ0v) is 10.6. The van der Waals surface area contributed by atoms with Gasteiger partial charge in [-0.25, -0.2) is 0 Å². The fourth-order valence-electron chi connectivity index (χ4n) is 1.79. The second-order valence-corrected chi connectivity index (χ2v) is 4.23. The van der Waals surface area contributed by atoms with E-state index in [2.05, 4.69) is 0 Å². The van der Waals surface area contributed by atoms with Crippen LogP contribution in [0.2, 0.25) is 0 Å². The third-order valence-corrected chi connectivity index (χ3v) is 2.91. The first-order valence-corrected chi connectivity index (χ1v) is 5.90. The second-order valence-electron chi connectivity index (χ2n) is 3.88. The third kappa shape index (κ3) is 2.77. The molecule has 0 spiro atoms. The lowest BCUT2D eigenvalue weighted by Crippen LogP contribution is -2.07. The number of hydrogen-bond donors (Lipinski definition) is 0. The molecule has 2 aromatic rings. The molecule has 0 aliphatic heterocycles. The van der Waals surface area contributed by atoms with Crippen LogP contribution in [0.15, 0.2) is 48.5 Å². The molecule has 0 unspecified atom stereocenters. The van der Waals surface area contributed by atoms with Crippen molar-refractivity contribution in [2.45, 2.75) is 0 Å². The average molecular weight is 273 g/mol. The Balaban J connectivity index is 2.59. The van der Waals surface area contributed by atoms with E-state index in [1.54, 1.807) is 6.07 Å². The maximum Gasteiger partial charge on any atom is 0.253 e. The summed E-state index contributed by atoms with van der Waals surface area (Å²) in [5, 5.41) is -0.759. The molecule has 0 N–H and O–H groups in total. The fraction of sp³-hybridized carbons (Fsp3) is 0. The average Bonchev–Trinajstić information content (AvgIpc) is 2.46. The minimum Gasteiger partial charge on any atom is -0.294 e. The van der Waals surface area contributed by atoms with E-state index < -0.39 is 11.0 Å². The van der Waals surface area contributed by atoms with Crippen LogP contribution < -0.4 is 0 Å². The number of Topliss-reactive ketones (excluding diaryl/α,β-unsaturated/α-hetero) is 1. The lowest BCUT2D eigenvalue weighted by atomic mass is 9.97.